The Hall–Kier alpha value is -1.69. The molecule has 0 fully saturated rings. The molecule has 0 heterocycles. The molecular weight excluding hydrogens is 543 g/mol. The third kappa shape index (κ3) is 19.2. The van der Waals surface area contributed by atoms with Crippen molar-refractivity contribution in [2.75, 3.05) is 18.5 Å². The Morgan fingerprint density at radius 1 is 0.585 bits per heavy atom. The van der Waals surface area contributed by atoms with Gasteiger partial charge in [-0.1, -0.05) is 97.8 Å². The van der Waals surface area contributed by atoms with Gasteiger partial charge >= 0.3 is 23.9 Å². The van der Waals surface area contributed by atoms with Gasteiger partial charge in [-0.15, -0.1) is 0 Å². The van der Waals surface area contributed by atoms with Crippen molar-refractivity contribution in [1.82, 2.24) is 0 Å². The van der Waals surface area contributed by atoms with E-state index >= 15 is 0 Å². The van der Waals surface area contributed by atoms with Gasteiger partial charge in [-0.25, -0.2) is 9.59 Å². The van der Waals surface area contributed by atoms with E-state index in [1.165, 1.54) is 57.8 Å². The van der Waals surface area contributed by atoms with E-state index in [4.69, 9.17) is 9.26 Å². The molecule has 1 unspecified atom stereocenters. The molecule has 0 aliphatic heterocycles. The van der Waals surface area contributed by atoms with Crippen molar-refractivity contribution in [3.8, 4) is 0 Å². The normalized spacial score (nSPS) is 13.0. The molecule has 0 amide bonds. The van der Waals surface area contributed by atoms with E-state index < -0.39 is 49.8 Å². The minimum absolute atomic E-state index is 0.772. The van der Waals surface area contributed by atoms with Gasteiger partial charge in [0.2, 0.25) is 5.60 Å². The van der Waals surface area contributed by atoms with Crippen molar-refractivity contribution >= 4 is 31.4 Å². The number of hydrogen-bond acceptors (Lipinski definition) is 6. The van der Waals surface area contributed by atoms with E-state index in [2.05, 4.69) is 20.8 Å². The first-order valence-corrected chi connectivity index (χ1v) is 18.6. The molecule has 8 nitrogen and oxygen atoms in total. The molecule has 0 aromatic carbocycles. The topological polar surface area (TPSA) is 127 Å². The maximum atomic E-state index is 13.4. The fraction of sp³-hybridized carbons (Fsp3) is 0.875. The summed E-state index contributed by atoms with van der Waals surface area (Å²) in [6, 6.07) is 0. The van der Waals surface area contributed by atoms with Crippen LogP contribution in [0.1, 0.15) is 156 Å². The summed E-state index contributed by atoms with van der Waals surface area (Å²) in [7, 11) is -2.23. The second kappa shape index (κ2) is 23.8. The molecule has 0 aromatic heterocycles. The fourth-order valence-electron chi connectivity index (χ4n) is 5.34. The number of ether oxygens (including phenoxy) is 1. The van der Waals surface area contributed by atoms with Gasteiger partial charge in [0, 0.05) is 6.92 Å². The Morgan fingerprint density at radius 2 is 0.951 bits per heavy atom. The first-order valence-electron chi connectivity index (χ1n) is 16.3. The van der Waals surface area contributed by atoms with Gasteiger partial charge in [-0.2, -0.15) is 0 Å². The van der Waals surface area contributed by atoms with Gasteiger partial charge in [0.15, 0.2) is 7.49 Å². The number of carbonyl (C=O) groups is 4. The van der Waals surface area contributed by atoms with E-state index in [1.807, 2.05) is 0 Å². The maximum absolute atomic E-state index is 13.4. The summed E-state index contributed by atoms with van der Waals surface area (Å²) in [6.07, 6.45) is 20.8. The highest BCUT2D eigenvalue weighted by Gasteiger charge is 2.50. The average Bonchev–Trinajstić information content (AvgIpc) is 2.89. The van der Waals surface area contributed by atoms with Crippen LogP contribution in [0.25, 0.3) is 0 Å². The zero-order valence-corrected chi connectivity index (χ0v) is 27.4. The lowest BCUT2D eigenvalue weighted by molar-refractivity contribution is -0.184. The van der Waals surface area contributed by atoms with Crippen molar-refractivity contribution < 1.29 is 38.7 Å². The van der Waals surface area contributed by atoms with E-state index in [9.17, 15) is 29.4 Å². The molecule has 0 aromatic rings. The summed E-state index contributed by atoms with van der Waals surface area (Å²) >= 11 is 0. The average molecular weight is 604 g/mol. The molecule has 2 N–H and O–H groups in total. The number of rotatable bonds is 28. The first kappa shape index (κ1) is 39.3. The van der Waals surface area contributed by atoms with Crippen molar-refractivity contribution in [2.45, 2.75) is 162 Å². The number of hydrogen-bond donors (Lipinski definition) is 2. The minimum Gasteiger partial charge on any atom is -0.481 e. The highest BCUT2D eigenvalue weighted by molar-refractivity contribution is 7.71. The zero-order chi connectivity index (χ0) is 31.0. The van der Waals surface area contributed by atoms with Gasteiger partial charge in [0.1, 0.15) is 6.42 Å². The molecule has 0 aliphatic carbocycles. The van der Waals surface area contributed by atoms with Gasteiger partial charge in [-0.3, -0.25) is 9.59 Å². The molecule has 0 aliphatic rings. The molecule has 41 heavy (non-hydrogen) atoms. The van der Waals surface area contributed by atoms with Gasteiger partial charge in [-0.05, 0) is 38.5 Å². The SMILES string of the molecule is CCCCCCCC[P+](CCCCCCCC)(CCCCCCCC)OC(=O)CC(CC(=O)O)(OC(C)=O)C(=O)O. The number of esters is 1. The van der Waals surface area contributed by atoms with E-state index in [0.717, 1.165) is 83.2 Å². The van der Waals surface area contributed by atoms with Crippen molar-refractivity contribution in [1.29, 1.82) is 0 Å². The Morgan fingerprint density at radius 3 is 1.27 bits per heavy atom. The van der Waals surface area contributed by atoms with Gasteiger partial charge < -0.3 is 19.5 Å². The number of carboxylic acid groups (broad SMARTS) is 2. The number of carboxylic acids is 2. The summed E-state index contributed by atoms with van der Waals surface area (Å²) in [5.41, 5.74) is -2.48. The molecule has 0 saturated carbocycles. The summed E-state index contributed by atoms with van der Waals surface area (Å²) in [5.74, 6) is -4.84. The Labute approximate surface area is 250 Å². The number of carbonyl (C=O) groups excluding carboxylic acids is 2. The molecule has 0 bridgehead atoms. The molecule has 0 saturated heterocycles. The van der Waals surface area contributed by atoms with Crippen LogP contribution in [0.15, 0.2) is 0 Å². The van der Waals surface area contributed by atoms with Gasteiger partial charge in [0.25, 0.3) is 0 Å². The maximum Gasteiger partial charge on any atom is 0.354 e. The standard InChI is InChI=1S/C32H59O8P/c1-5-8-11-14-17-20-23-41(24-21-18-15-12-9-6-2,25-22-19-16-13-10-7-3)40-30(36)27-32(31(37)38,26-29(34)35)39-28(4)33/h5-27H2,1-4H3,(H-,34,35,37,38)/p+1. The fourth-order valence-corrected chi connectivity index (χ4v) is 9.18. The lowest BCUT2D eigenvalue weighted by Crippen LogP contribution is -2.47. The first-order chi connectivity index (χ1) is 19.6. The molecule has 1 atom stereocenters. The summed E-state index contributed by atoms with van der Waals surface area (Å²) in [6.45, 7) is 7.58. The van der Waals surface area contributed by atoms with Crippen LogP contribution in [0.5, 0.6) is 0 Å². The monoisotopic (exact) mass is 603 g/mol. The minimum atomic E-state index is -2.48. The van der Waals surface area contributed by atoms with E-state index in [1.54, 1.807) is 0 Å². The second-order valence-electron chi connectivity index (χ2n) is 11.6. The van der Waals surface area contributed by atoms with Crippen molar-refractivity contribution in [2.24, 2.45) is 0 Å². The van der Waals surface area contributed by atoms with Crippen molar-refractivity contribution in [3.63, 3.8) is 0 Å². The van der Waals surface area contributed by atoms with Gasteiger partial charge in [0.05, 0.1) is 24.9 Å². The third-order valence-corrected chi connectivity index (χ3v) is 11.6. The smallest absolute Gasteiger partial charge is 0.354 e. The quantitative estimate of drug-likeness (QED) is 0.0516. The van der Waals surface area contributed by atoms with Crippen LogP contribution in [0, 0.1) is 0 Å². The molecule has 0 rings (SSSR count). The third-order valence-electron chi connectivity index (χ3n) is 7.65. The highest BCUT2D eigenvalue weighted by Crippen LogP contribution is 2.62. The van der Waals surface area contributed by atoms with Crippen LogP contribution in [0.2, 0.25) is 0 Å². The van der Waals surface area contributed by atoms with Crippen LogP contribution in [0.4, 0.5) is 0 Å². The van der Waals surface area contributed by atoms with Crippen LogP contribution < -0.4 is 0 Å². The molecule has 240 valence electrons. The molecular formula is C32H60O8P+. The molecule has 0 spiro atoms. The number of aliphatic carboxylic acids is 2. The Kier molecular flexibility index (Phi) is 22.8. The van der Waals surface area contributed by atoms with Crippen LogP contribution in [0.3, 0.4) is 0 Å². The molecule has 9 heteroatoms. The van der Waals surface area contributed by atoms with E-state index in [-0.39, 0.29) is 0 Å². The van der Waals surface area contributed by atoms with Crippen LogP contribution in [-0.2, 0) is 28.4 Å². The predicted octanol–water partition coefficient (Wildman–Crippen LogP) is 8.80. The van der Waals surface area contributed by atoms with Crippen LogP contribution >= 0.6 is 7.49 Å². The van der Waals surface area contributed by atoms with Crippen LogP contribution in [-0.4, -0.2) is 58.2 Å². The Balaban J connectivity index is 5.85. The van der Waals surface area contributed by atoms with E-state index in [0.29, 0.717) is 0 Å². The number of unbranched alkanes of at least 4 members (excludes halogenated alkanes) is 15. The summed E-state index contributed by atoms with van der Waals surface area (Å²) < 4.78 is 11.3. The summed E-state index contributed by atoms with van der Waals surface area (Å²) in [5, 5.41) is 19.2. The zero-order valence-electron chi connectivity index (χ0n) is 26.6. The largest absolute Gasteiger partial charge is 0.481 e. The summed E-state index contributed by atoms with van der Waals surface area (Å²) in [4.78, 5) is 48.8. The molecule has 0 radical (unpaired) electrons. The lowest BCUT2D eigenvalue weighted by Gasteiger charge is -2.29. The highest BCUT2D eigenvalue weighted by atomic mass is 31.2. The second-order valence-corrected chi connectivity index (χ2v) is 15.3. The lowest BCUT2D eigenvalue weighted by atomic mass is 9.95. The Bertz CT molecular complexity index is 682. The predicted molar refractivity (Wildman–Crippen MR) is 167 cm³/mol. The van der Waals surface area contributed by atoms with Crippen molar-refractivity contribution in [3.05, 3.63) is 0 Å².